The maximum absolute atomic E-state index is 12.1. The highest BCUT2D eigenvalue weighted by Gasteiger charge is 2.12. The molecule has 0 aromatic heterocycles. The fourth-order valence-corrected chi connectivity index (χ4v) is 1.78. The van der Waals surface area contributed by atoms with Gasteiger partial charge in [-0.05, 0) is 24.5 Å². The fourth-order valence-electron chi connectivity index (χ4n) is 1.78. The maximum Gasteiger partial charge on any atom is 0.267 e. The minimum atomic E-state index is -0.550. The minimum absolute atomic E-state index is 0.0331. The van der Waals surface area contributed by atoms with Crippen molar-refractivity contribution in [2.45, 2.75) is 32.8 Å². The van der Waals surface area contributed by atoms with Crippen molar-refractivity contribution in [3.63, 3.8) is 0 Å². The van der Waals surface area contributed by atoms with Gasteiger partial charge < -0.3 is 15.7 Å². The van der Waals surface area contributed by atoms with Gasteiger partial charge in [-0.2, -0.15) is 5.26 Å². The van der Waals surface area contributed by atoms with E-state index in [4.69, 9.17) is 10.4 Å². The summed E-state index contributed by atoms with van der Waals surface area (Å²) in [6.07, 6.45) is 0.769. The number of aliphatic hydroxyl groups is 1. The van der Waals surface area contributed by atoms with Crippen molar-refractivity contribution in [1.82, 2.24) is 5.32 Å². The third-order valence-corrected chi connectivity index (χ3v) is 2.86. The lowest BCUT2D eigenvalue weighted by Gasteiger charge is -2.13. The van der Waals surface area contributed by atoms with Gasteiger partial charge in [0.25, 0.3) is 5.91 Å². The summed E-state index contributed by atoms with van der Waals surface area (Å²) in [5.74, 6) is -0.201. The van der Waals surface area contributed by atoms with E-state index in [0.29, 0.717) is 5.69 Å². The molecule has 0 aliphatic rings. The van der Waals surface area contributed by atoms with Crippen molar-refractivity contribution in [3.8, 4) is 6.07 Å². The molecule has 1 unspecified atom stereocenters. The first-order valence-corrected chi connectivity index (χ1v) is 6.87. The Hall–Kier alpha value is -2.32. The molecule has 1 atom stereocenters. The van der Waals surface area contributed by atoms with E-state index in [2.05, 4.69) is 10.6 Å². The number of para-hydroxylation sites is 1. The van der Waals surface area contributed by atoms with Crippen molar-refractivity contribution in [2.24, 2.45) is 0 Å². The molecule has 0 saturated heterocycles. The zero-order valence-corrected chi connectivity index (χ0v) is 12.6. The lowest BCUT2D eigenvalue weighted by Crippen LogP contribution is -2.22. The van der Waals surface area contributed by atoms with Gasteiger partial charge in [-0.15, -0.1) is 0 Å². The Morgan fingerprint density at radius 1 is 1.38 bits per heavy atom. The van der Waals surface area contributed by atoms with Crippen LogP contribution >= 0.6 is 0 Å². The molecule has 0 saturated carbocycles. The van der Waals surface area contributed by atoms with Gasteiger partial charge in [0, 0.05) is 18.4 Å². The summed E-state index contributed by atoms with van der Waals surface area (Å²) in [5.41, 5.74) is 1.68. The van der Waals surface area contributed by atoms with Gasteiger partial charge in [-0.1, -0.05) is 32.0 Å². The maximum atomic E-state index is 12.1. The molecule has 0 aliphatic carbocycles. The number of rotatable bonds is 6. The summed E-state index contributed by atoms with van der Waals surface area (Å²) >= 11 is 0. The Bertz CT molecular complexity index is 557. The largest absolute Gasteiger partial charge is 0.392 e. The Morgan fingerprint density at radius 3 is 2.62 bits per heavy atom. The number of benzene rings is 1. The van der Waals surface area contributed by atoms with Gasteiger partial charge in [0.2, 0.25) is 0 Å². The summed E-state index contributed by atoms with van der Waals surface area (Å²) in [5, 5.41) is 23.7. The standard InChI is InChI=1S/C16H21N3O2/c1-11(2)14-6-4-5-7-15(14)19-16(21)13(8-17)10-18-9-12(3)20/h4-7,10-12,18,20H,9H2,1-3H3,(H,19,21)/b13-10-. The number of amides is 1. The van der Waals surface area contributed by atoms with E-state index >= 15 is 0 Å². The van der Waals surface area contributed by atoms with Crippen molar-refractivity contribution in [1.29, 1.82) is 5.26 Å². The predicted molar refractivity (Wildman–Crippen MR) is 82.5 cm³/mol. The zero-order valence-electron chi connectivity index (χ0n) is 12.6. The molecule has 0 heterocycles. The van der Waals surface area contributed by atoms with Crippen molar-refractivity contribution in [2.75, 3.05) is 11.9 Å². The highest BCUT2D eigenvalue weighted by atomic mass is 16.3. The fraction of sp³-hybridized carbons (Fsp3) is 0.375. The number of nitrogens with one attached hydrogen (secondary N) is 2. The molecule has 0 radical (unpaired) electrons. The first-order chi connectivity index (χ1) is 9.95. The van der Waals surface area contributed by atoms with Crippen LogP contribution in [0.3, 0.4) is 0 Å². The number of nitrogens with zero attached hydrogens (tertiary/aromatic N) is 1. The van der Waals surface area contributed by atoms with Crippen LogP contribution in [0.4, 0.5) is 5.69 Å². The van der Waals surface area contributed by atoms with E-state index in [0.717, 1.165) is 5.56 Å². The molecule has 3 N–H and O–H groups in total. The van der Waals surface area contributed by atoms with Crippen LogP contribution in [-0.2, 0) is 4.79 Å². The number of anilines is 1. The second-order valence-electron chi connectivity index (χ2n) is 5.12. The van der Waals surface area contributed by atoms with Crippen LogP contribution in [0.1, 0.15) is 32.3 Å². The van der Waals surface area contributed by atoms with E-state index in [1.54, 1.807) is 6.92 Å². The number of carbonyl (C=O) groups is 1. The Morgan fingerprint density at radius 2 is 2.05 bits per heavy atom. The predicted octanol–water partition coefficient (Wildman–Crippen LogP) is 2.13. The Balaban J connectivity index is 2.82. The molecular formula is C16H21N3O2. The second kappa shape index (κ2) is 8.08. The molecule has 1 rings (SSSR count). The molecule has 0 bridgehead atoms. The molecule has 0 spiro atoms. The van der Waals surface area contributed by atoms with Gasteiger partial charge in [-0.3, -0.25) is 4.79 Å². The van der Waals surface area contributed by atoms with E-state index in [1.807, 2.05) is 44.2 Å². The van der Waals surface area contributed by atoms with E-state index < -0.39 is 12.0 Å². The van der Waals surface area contributed by atoms with E-state index in [9.17, 15) is 4.79 Å². The number of nitriles is 1. The quantitative estimate of drug-likeness (QED) is 0.552. The molecule has 1 aromatic carbocycles. The van der Waals surface area contributed by atoms with E-state index in [1.165, 1.54) is 6.20 Å². The van der Waals surface area contributed by atoms with Gasteiger partial charge in [0.05, 0.1) is 6.10 Å². The number of aliphatic hydroxyl groups excluding tert-OH is 1. The summed E-state index contributed by atoms with van der Waals surface area (Å²) in [7, 11) is 0. The third-order valence-electron chi connectivity index (χ3n) is 2.86. The molecule has 112 valence electrons. The zero-order chi connectivity index (χ0) is 15.8. The molecular weight excluding hydrogens is 266 g/mol. The SMILES string of the molecule is CC(O)CN/C=C(/C#N)C(=O)Nc1ccccc1C(C)C. The first-order valence-electron chi connectivity index (χ1n) is 6.87. The molecule has 1 aromatic rings. The lowest BCUT2D eigenvalue weighted by atomic mass is 10.0. The highest BCUT2D eigenvalue weighted by Crippen LogP contribution is 2.23. The van der Waals surface area contributed by atoms with E-state index in [-0.39, 0.29) is 18.0 Å². The summed E-state index contributed by atoms with van der Waals surface area (Å²) in [4.78, 5) is 12.1. The van der Waals surface area contributed by atoms with Crippen LogP contribution in [0.15, 0.2) is 36.0 Å². The molecule has 0 aliphatic heterocycles. The van der Waals surface area contributed by atoms with Crippen molar-refractivity contribution in [3.05, 3.63) is 41.6 Å². The Kier molecular flexibility index (Phi) is 6.44. The van der Waals surface area contributed by atoms with Crippen LogP contribution in [0.5, 0.6) is 0 Å². The van der Waals surface area contributed by atoms with Crippen LogP contribution < -0.4 is 10.6 Å². The highest BCUT2D eigenvalue weighted by molar-refractivity contribution is 6.06. The molecule has 5 heteroatoms. The molecule has 21 heavy (non-hydrogen) atoms. The van der Waals surface area contributed by atoms with Crippen LogP contribution in [-0.4, -0.2) is 23.7 Å². The van der Waals surface area contributed by atoms with Gasteiger partial charge in [0.1, 0.15) is 11.6 Å². The first kappa shape index (κ1) is 16.7. The third kappa shape index (κ3) is 5.28. The minimum Gasteiger partial charge on any atom is -0.392 e. The van der Waals surface area contributed by atoms with Crippen LogP contribution in [0.25, 0.3) is 0 Å². The summed E-state index contributed by atoms with van der Waals surface area (Å²) in [6.45, 7) is 5.97. The smallest absolute Gasteiger partial charge is 0.267 e. The van der Waals surface area contributed by atoms with Crippen molar-refractivity contribution >= 4 is 11.6 Å². The van der Waals surface area contributed by atoms with Gasteiger partial charge >= 0.3 is 0 Å². The molecule has 0 fully saturated rings. The average molecular weight is 287 g/mol. The summed E-state index contributed by atoms with van der Waals surface area (Å²) < 4.78 is 0. The Labute approximate surface area is 125 Å². The van der Waals surface area contributed by atoms with Gasteiger partial charge in [0.15, 0.2) is 0 Å². The molecule has 5 nitrogen and oxygen atoms in total. The number of hydrogen-bond acceptors (Lipinski definition) is 4. The monoisotopic (exact) mass is 287 g/mol. The van der Waals surface area contributed by atoms with Gasteiger partial charge in [-0.25, -0.2) is 0 Å². The lowest BCUT2D eigenvalue weighted by molar-refractivity contribution is -0.112. The number of hydrogen-bond donors (Lipinski definition) is 3. The van der Waals surface area contributed by atoms with Crippen LogP contribution in [0, 0.1) is 11.3 Å². The second-order valence-corrected chi connectivity index (χ2v) is 5.12. The average Bonchev–Trinajstić information content (AvgIpc) is 2.43. The summed E-state index contributed by atoms with van der Waals surface area (Å²) in [6, 6.07) is 9.36. The molecule has 1 amide bonds. The normalized spacial score (nSPS) is 12.7. The number of carbonyl (C=O) groups excluding carboxylic acids is 1. The van der Waals surface area contributed by atoms with Crippen LogP contribution in [0.2, 0.25) is 0 Å². The topological polar surface area (TPSA) is 85.2 Å². The van der Waals surface area contributed by atoms with Crippen molar-refractivity contribution < 1.29 is 9.90 Å².